The molecule has 0 unspecified atom stereocenters. The lowest BCUT2D eigenvalue weighted by molar-refractivity contribution is 0.615. The van der Waals surface area contributed by atoms with Crippen molar-refractivity contribution >= 4 is 23.4 Å². The van der Waals surface area contributed by atoms with Gasteiger partial charge in [0.25, 0.3) is 0 Å². The Kier molecular flexibility index (Phi) is 3.85. The number of aromatic nitrogens is 2. The number of hydrogen-bond acceptors (Lipinski definition) is 4. The van der Waals surface area contributed by atoms with Crippen molar-refractivity contribution in [3.63, 3.8) is 0 Å². The molecule has 0 spiro atoms. The summed E-state index contributed by atoms with van der Waals surface area (Å²) in [6.45, 7) is 2.23. The Bertz CT molecular complexity index is 583. The number of halogens is 2. The molecule has 0 bridgehead atoms. The number of anilines is 2. The van der Waals surface area contributed by atoms with E-state index in [0.29, 0.717) is 17.9 Å². The third-order valence-corrected chi connectivity index (χ3v) is 2.94. The van der Waals surface area contributed by atoms with Gasteiger partial charge in [0.1, 0.15) is 16.8 Å². The van der Waals surface area contributed by atoms with Crippen molar-refractivity contribution in [2.75, 3.05) is 17.7 Å². The summed E-state index contributed by atoms with van der Waals surface area (Å²) < 4.78 is 13.5. The maximum absolute atomic E-state index is 13.5. The molecule has 4 nitrogen and oxygen atoms in total. The molecule has 19 heavy (non-hydrogen) atoms. The van der Waals surface area contributed by atoms with E-state index < -0.39 is 0 Å². The van der Waals surface area contributed by atoms with E-state index in [1.807, 2.05) is 18.0 Å². The van der Waals surface area contributed by atoms with Crippen molar-refractivity contribution in [2.24, 2.45) is 0 Å². The fourth-order valence-corrected chi connectivity index (χ4v) is 1.89. The van der Waals surface area contributed by atoms with Gasteiger partial charge in [-0.1, -0.05) is 23.7 Å². The fourth-order valence-electron chi connectivity index (χ4n) is 1.71. The lowest BCUT2D eigenvalue weighted by Gasteiger charge is -2.18. The zero-order valence-electron chi connectivity index (χ0n) is 10.7. The van der Waals surface area contributed by atoms with Crippen molar-refractivity contribution in [3.05, 3.63) is 46.4 Å². The number of benzene rings is 1. The normalized spacial score (nSPS) is 10.5. The molecule has 6 heteroatoms. The molecule has 2 rings (SSSR count). The van der Waals surface area contributed by atoms with E-state index in [4.69, 9.17) is 17.3 Å². The van der Waals surface area contributed by atoms with Gasteiger partial charge in [0.15, 0.2) is 0 Å². The first-order valence-corrected chi connectivity index (χ1v) is 6.10. The highest BCUT2D eigenvalue weighted by molar-refractivity contribution is 6.29. The van der Waals surface area contributed by atoms with Crippen LogP contribution in [0.5, 0.6) is 0 Å². The summed E-state index contributed by atoms with van der Waals surface area (Å²) >= 11 is 5.83. The van der Waals surface area contributed by atoms with E-state index in [2.05, 4.69) is 9.97 Å². The summed E-state index contributed by atoms with van der Waals surface area (Å²) in [6.07, 6.45) is 0. The molecule has 0 saturated carbocycles. The van der Waals surface area contributed by atoms with E-state index in [1.165, 1.54) is 6.07 Å². The van der Waals surface area contributed by atoms with Crippen LogP contribution in [0.4, 0.5) is 16.2 Å². The number of nitrogens with zero attached hydrogens (tertiary/aromatic N) is 3. The van der Waals surface area contributed by atoms with Gasteiger partial charge in [-0.25, -0.2) is 9.37 Å². The Morgan fingerprint density at radius 3 is 2.68 bits per heavy atom. The molecule has 1 aromatic heterocycles. The van der Waals surface area contributed by atoms with Crippen LogP contribution in [-0.4, -0.2) is 17.0 Å². The van der Waals surface area contributed by atoms with Crippen molar-refractivity contribution < 1.29 is 4.39 Å². The van der Waals surface area contributed by atoms with Gasteiger partial charge in [-0.15, -0.1) is 0 Å². The molecular formula is C13H14ClFN4. The SMILES string of the molecule is Cc1ccc(CN(C)c2cc(Cl)nc(N)n2)cc1F. The summed E-state index contributed by atoms with van der Waals surface area (Å²) in [7, 11) is 1.83. The Labute approximate surface area is 116 Å². The minimum atomic E-state index is -0.217. The highest BCUT2D eigenvalue weighted by atomic mass is 35.5. The smallest absolute Gasteiger partial charge is 0.223 e. The maximum Gasteiger partial charge on any atom is 0.223 e. The molecule has 0 radical (unpaired) electrons. The van der Waals surface area contributed by atoms with Crippen LogP contribution in [-0.2, 0) is 6.54 Å². The predicted molar refractivity (Wildman–Crippen MR) is 74.7 cm³/mol. The van der Waals surface area contributed by atoms with Crippen LogP contribution in [0.2, 0.25) is 5.15 Å². The lowest BCUT2D eigenvalue weighted by Crippen LogP contribution is -2.18. The van der Waals surface area contributed by atoms with Crippen LogP contribution in [0.3, 0.4) is 0 Å². The molecular weight excluding hydrogens is 267 g/mol. The van der Waals surface area contributed by atoms with Crippen LogP contribution in [0.1, 0.15) is 11.1 Å². The van der Waals surface area contributed by atoms with E-state index in [1.54, 1.807) is 19.1 Å². The second-order valence-corrected chi connectivity index (χ2v) is 4.73. The standard InChI is InChI=1S/C13H14ClFN4/c1-8-3-4-9(5-10(8)15)7-19(2)12-6-11(14)17-13(16)18-12/h3-6H,7H2,1-2H3,(H2,16,17,18). The maximum atomic E-state index is 13.5. The van der Waals surface area contributed by atoms with Gasteiger partial charge in [-0.3, -0.25) is 0 Å². The number of aryl methyl sites for hydroxylation is 1. The van der Waals surface area contributed by atoms with Gasteiger partial charge in [0.2, 0.25) is 5.95 Å². The molecule has 0 atom stereocenters. The van der Waals surface area contributed by atoms with Gasteiger partial charge < -0.3 is 10.6 Å². The molecule has 2 aromatic rings. The van der Waals surface area contributed by atoms with E-state index in [9.17, 15) is 4.39 Å². The molecule has 0 aliphatic carbocycles. The van der Waals surface area contributed by atoms with Gasteiger partial charge in [0, 0.05) is 19.7 Å². The average Bonchev–Trinajstić information content (AvgIpc) is 2.32. The van der Waals surface area contributed by atoms with Crippen LogP contribution in [0.15, 0.2) is 24.3 Å². The van der Waals surface area contributed by atoms with Crippen molar-refractivity contribution in [1.82, 2.24) is 9.97 Å². The first kappa shape index (κ1) is 13.5. The predicted octanol–water partition coefficient (Wildman–Crippen LogP) is 2.80. The summed E-state index contributed by atoms with van der Waals surface area (Å²) in [5.74, 6) is 0.494. The molecule has 1 heterocycles. The number of nitrogen functional groups attached to an aromatic ring is 1. The largest absolute Gasteiger partial charge is 0.368 e. The molecule has 0 fully saturated rings. The molecule has 0 saturated heterocycles. The number of rotatable bonds is 3. The van der Waals surface area contributed by atoms with Gasteiger partial charge in [0.05, 0.1) is 0 Å². The molecule has 0 aliphatic heterocycles. The van der Waals surface area contributed by atoms with Crippen LogP contribution in [0, 0.1) is 12.7 Å². The van der Waals surface area contributed by atoms with Crippen LogP contribution < -0.4 is 10.6 Å². The number of nitrogens with two attached hydrogens (primary N) is 1. The third kappa shape index (κ3) is 3.32. The number of hydrogen-bond donors (Lipinski definition) is 1. The molecule has 100 valence electrons. The Morgan fingerprint density at radius 1 is 1.32 bits per heavy atom. The van der Waals surface area contributed by atoms with E-state index in [-0.39, 0.29) is 16.9 Å². The zero-order chi connectivity index (χ0) is 14.0. The summed E-state index contributed by atoms with van der Waals surface area (Å²) in [5.41, 5.74) is 7.01. The molecule has 2 N–H and O–H groups in total. The quantitative estimate of drug-likeness (QED) is 0.879. The minimum Gasteiger partial charge on any atom is -0.368 e. The van der Waals surface area contributed by atoms with E-state index in [0.717, 1.165) is 5.56 Å². The third-order valence-electron chi connectivity index (χ3n) is 2.75. The Balaban J connectivity index is 2.20. The van der Waals surface area contributed by atoms with E-state index >= 15 is 0 Å². The topological polar surface area (TPSA) is 55.0 Å². The summed E-state index contributed by atoms with van der Waals surface area (Å²) in [5, 5.41) is 0.282. The highest BCUT2D eigenvalue weighted by Crippen LogP contribution is 2.18. The van der Waals surface area contributed by atoms with Gasteiger partial charge in [-0.05, 0) is 24.1 Å². The summed E-state index contributed by atoms with van der Waals surface area (Å²) in [4.78, 5) is 9.71. The first-order valence-electron chi connectivity index (χ1n) is 5.72. The Morgan fingerprint density at radius 2 is 2.05 bits per heavy atom. The van der Waals surface area contributed by atoms with Crippen LogP contribution >= 0.6 is 11.6 Å². The highest BCUT2D eigenvalue weighted by Gasteiger charge is 2.08. The second-order valence-electron chi connectivity index (χ2n) is 4.35. The average molecular weight is 281 g/mol. The molecule has 1 aromatic carbocycles. The zero-order valence-corrected chi connectivity index (χ0v) is 11.4. The van der Waals surface area contributed by atoms with Gasteiger partial charge >= 0.3 is 0 Å². The van der Waals surface area contributed by atoms with Gasteiger partial charge in [-0.2, -0.15) is 4.98 Å². The van der Waals surface area contributed by atoms with Crippen LogP contribution in [0.25, 0.3) is 0 Å². The van der Waals surface area contributed by atoms with Crippen molar-refractivity contribution in [1.29, 1.82) is 0 Å². The monoisotopic (exact) mass is 280 g/mol. The first-order chi connectivity index (χ1) is 8.95. The summed E-state index contributed by atoms with van der Waals surface area (Å²) in [6, 6.07) is 6.75. The fraction of sp³-hybridized carbons (Fsp3) is 0.231. The Hall–Kier alpha value is -1.88. The molecule has 0 amide bonds. The molecule has 0 aliphatic rings. The second kappa shape index (κ2) is 5.40. The van der Waals surface area contributed by atoms with Crippen molar-refractivity contribution in [3.8, 4) is 0 Å². The van der Waals surface area contributed by atoms with Crippen molar-refractivity contribution in [2.45, 2.75) is 13.5 Å². The lowest BCUT2D eigenvalue weighted by atomic mass is 10.1. The minimum absolute atomic E-state index is 0.115.